The van der Waals surface area contributed by atoms with Gasteiger partial charge in [-0.15, -0.1) is 0 Å². The molecule has 142 valence electrons. The highest BCUT2D eigenvalue weighted by Gasteiger charge is 2.09. The van der Waals surface area contributed by atoms with E-state index in [0.29, 0.717) is 11.3 Å². The zero-order chi connectivity index (χ0) is 20.1. The maximum absolute atomic E-state index is 11.9. The van der Waals surface area contributed by atoms with Crippen molar-refractivity contribution in [3.63, 3.8) is 0 Å². The first kappa shape index (κ1) is 20.0. The van der Waals surface area contributed by atoms with Gasteiger partial charge in [0.2, 0.25) is 0 Å². The number of non-ortho nitro benzene ring substituents is 1. The van der Waals surface area contributed by atoms with Gasteiger partial charge in [-0.05, 0) is 44.9 Å². The van der Waals surface area contributed by atoms with Crippen LogP contribution in [-0.2, 0) is 4.79 Å². The van der Waals surface area contributed by atoms with Crippen molar-refractivity contribution in [2.24, 2.45) is 5.10 Å². The summed E-state index contributed by atoms with van der Waals surface area (Å²) in [6, 6.07) is 15.5. The number of fused-ring (bicyclic) bond motifs is 1. The molecule has 0 radical (unpaired) electrons. The van der Waals surface area contributed by atoms with Crippen LogP contribution in [0, 0.1) is 10.1 Å². The predicted molar refractivity (Wildman–Crippen MR) is 114 cm³/mol. The Labute approximate surface area is 176 Å². The third-order valence-electron chi connectivity index (χ3n) is 3.72. The third kappa shape index (κ3) is 4.93. The normalized spacial score (nSPS) is 10.9. The minimum Gasteiger partial charge on any atom is -0.483 e. The molecule has 0 atom stereocenters. The van der Waals surface area contributed by atoms with Gasteiger partial charge >= 0.3 is 0 Å². The Kier molecular flexibility index (Phi) is 6.37. The second-order valence-corrected chi connectivity index (χ2v) is 7.39. The maximum atomic E-state index is 11.9. The number of halogens is 2. The smallest absolute Gasteiger partial charge is 0.277 e. The fraction of sp³-hybridized carbons (Fsp3) is 0.0526. The van der Waals surface area contributed by atoms with Crippen molar-refractivity contribution in [1.29, 1.82) is 0 Å². The molecule has 9 heteroatoms. The topological polar surface area (TPSA) is 93.8 Å². The molecule has 0 aromatic heterocycles. The molecule has 0 fully saturated rings. The molecule has 0 spiro atoms. The average Bonchev–Trinajstić information content (AvgIpc) is 2.67. The molecule has 0 bridgehead atoms. The van der Waals surface area contributed by atoms with Gasteiger partial charge in [0.25, 0.3) is 11.6 Å². The van der Waals surface area contributed by atoms with Gasteiger partial charge in [-0.25, -0.2) is 5.43 Å². The quantitative estimate of drug-likeness (QED) is 0.295. The van der Waals surface area contributed by atoms with E-state index < -0.39 is 10.8 Å². The summed E-state index contributed by atoms with van der Waals surface area (Å²) in [6.45, 7) is -0.229. The lowest BCUT2D eigenvalue weighted by atomic mass is 10.1. The molecule has 0 saturated heterocycles. The summed E-state index contributed by atoms with van der Waals surface area (Å²) >= 11 is 6.93. The second-order valence-electron chi connectivity index (χ2n) is 5.68. The van der Waals surface area contributed by atoms with Crippen LogP contribution in [0.4, 0.5) is 5.69 Å². The Morgan fingerprint density at radius 3 is 2.79 bits per heavy atom. The molecule has 0 aliphatic rings. The van der Waals surface area contributed by atoms with Gasteiger partial charge < -0.3 is 4.74 Å². The zero-order valence-corrected chi connectivity index (χ0v) is 17.4. The van der Waals surface area contributed by atoms with Crippen molar-refractivity contribution in [2.75, 3.05) is 6.61 Å². The number of nitrogens with one attached hydrogen (secondary N) is 1. The first-order valence-corrected chi connectivity index (χ1v) is 9.59. The summed E-state index contributed by atoms with van der Waals surface area (Å²) in [4.78, 5) is 22.2. The van der Waals surface area contributed by atoms with Gasteiger partial charge in [-0.3, -0.25) is 14.9 Å². The number of carbonyl (C=O) groups excluding carboxylic acids is 1. The highest BCUT2D eigenvalue weighted by molar-refractivity contribution is 9.11. The standard InChI is InChI=1S/C19H13Br2N3O4/c20-14-5-6-16-13(9-14)4-7-17(19(16)21)28-11-18(25)23-22-10-12-2-1-3-15(8-12)24(26)27/h1-10H,11H2,(H,23,25)/b22-10+. The Balaban J connectivity index is 1.59. The molecule has 1 N–H and O–H groups in total. The molecule has 0 aliphatic heterocycles. The van der Waals surface area contributed by atoms with E-state index in [2.05, 4.69) is 42.4 Å². The van der Waals surface area contributed by atoms with Crippen LogP contribution in [0.5, 0.6) is 5.75 Å². The van der Waals surface area contributed by atoms with Crippen LogP contribution in [0.15, 0.2) is 68.6 Å². The fourth-order valence-electron chi connectivity index (χ4n) is 2.43. The van der Waals surface area contributed by atoms with Crippen molar-refractivity contribution in [1.82, 2.24) is 5.43 Å². The maximum Gasteiger partial charge on any atom is 0.277 e. The fourth-order valence-corrected chi connectivity index (χ4v) is 3.41. The molecule has 0 saturated carbocycles. The second kappa shape index (κ2) is 8.94. The SMILES string of the molecule is O=C(COc1ccc2cc(Br)ccc2c1Br)N/N=C/c1cccc([N+](=O)[O-])c1. The molecule has 0 aliphatic carbocycles. The summed E-state index contributed by atoms with van der Waals surface area (Å²) in [6.07, 6.45) is 1.33. The van der Waals surface area contributed by atoms with E-state index in [4.69, 9.17) is 4.74 Å². The number of nitro groups is 1. The number of nitro benzene ring substituents is 1. The van der Waals surface area contributed by atoms with E-state index in [1.54, 1.807) is 18.2 Å². The molecule has 3 aromatic rings. The molecule has 1 amide bonds. The number of hydrazone groups is 1. The van der Waals surface area contributed by atoms with Gasteiger partial charge in [0, 0.05) is 22.2 Å². The number of amides is 1. The van der Waals surface area contributed by atoms with Crippen LogP contribution in [0.3, 0.4) is 0 Å². The van der Waals surface area contributed by atoms with Crippen LogP contribution in [0.25, 0.3) is 10.8 Å². The van der Waals surface area contributed by atoms with Crippen LogP contribution < -0.4 is 10.2 Å². The van der Waals surface area contributed by atoms with Crippen LogP contribution in [-0.4, -0.2) is 23.7 Å². The van der Waals surface area contributed by atoms with Crippen molar-refractivity contribution < 1.29 is 14.5 Å². The van der Waals surface area contributed by atoms with E-state index >= 15 is 0 Å². The number of benzene rings is 3. The molecule has 3 rings (SSSR count). The van der Waals surface area contributed by atoms with Crippen molar-refractivity contribution in [3.05, 3.63) is 79.2 Å². The Morgan fingerprint density at radius 1 is 1.18 bits per heavy atom. The summed E-state index contributed by atoms with van der Waals surface area (Å²) in [7, 11) is 0. The lowest BCUT2D eigenvalue weighted by Gasteiger charge is -2.10. The van der Waals surface area contributed by atoms with Crippen LogP contribution >= 0.6 is 31.9 Å². The number of hydrogen-bond donors (Lipinski definition) is 1. The van der Waals surface area contributed by atoms with Crippen LogP contribution in [0.1, 0.15) is 5.56 Å². The number of carbonyl (C=O) groups is 1. The Bertz CT molecular complexity index is 1090. The van der Waals surface area contributed by atoms with Gasteiger partial charge in [-0.2, -0.15) is 5.10 Å². The lowest BCUT2D eigenvalue weighted by molar-refractivity contribution is -0.384. The monoisotopic (exact) mass is 505 g/mol. The molecule has 0 heterocycles. The average molecular weight is 507 g/mol. The molecular weight excluding hydrogens is 494 g/mol. The largest absolute Gasteiger partial charge is 0.483 e. The first-order chi connectivity index (χ1) is 13.4. The molecular formula is C19H13Br2N3O4. The predicted octanol–water partition coefficient (Wildman–Crippen LogP) is 4.80. The van der Waals surface area contributed by atoms with Crippen molar-refractivity contribution >= 4 is 60.4 Å². The summed E-state index contributed by atoms with van der Waals surface area (Å²) in [5, 5.41) is 16.5. The zero-order valence-electron chi connectivity index (χ0n) is 14.3. The minimum absolute atomic E-state index is 0.0493. The third-order valence-corrected chi connectivity index (χ3v) is 5.03. The minimum atomic E-state index is -0.496. The van der Waals surface area contributed by atoms with E-state index in [1.807, 2.05) is 24.3 Å². The number of ether oxygens (including phenoxy) is 1. The van der Waals surface area contributed by atoms with E-state index in [0.717, 1.165) is 19.7 Å². The summed E-state index contributed by atoms with van der Waals surface area (Å²) < 4.78 is 7.29. The van der Waals surface area contributed by atoms with Crippen molar-refractivity contribution in [3.8, 4) is 5.75 Å². The summed E-state index contributed by atoms with van der Waals surface area (Å²) in [5.41, 5.74) is 2.78. The van der Waals surface area contributed by atoms with E-state index in [-0.39, 0.29) is 12.3 Å². The summed E-state index contributed by atoms with van der Waals surface area (Å²) in [5.74, 6) is 0.0807. The molecule has 28 heavy (non-hydrogen) atoms. The Hall–Kier alpha value is -2.78. The van der Waals surface area contributed by atoms with Crippen LogP contribution in [0.2, 0.25) is 0 Å². The lowest BCUT2D eigenvalue weighted by Crippen LogP contribution is -2.24. The number of rotatable bonds is 6. The van der Waals surface area contributed by atoms with Crippen molar-refractivity contribution in [2.45, 2.75) is 0 Å². The highest BCUT2D eigenvalue weighted by atomic mass is 79.9. The van der Waals surface area contributed by atoms with Gasteiger partial charge in [0.1, 0.15) is 5.75 Å². The highest BCUT2D eigenvalue weighted by Crippen LogP contribution is 2.34. The number of hydrogen-bond acceptors (Lipinski definition) is 5. The van der Waals surface area contributed by atoms with Gasteiger partial charge in [-0.1, -0.05) is 40.2 Å². The van der Waals surface area contributed by atoms with Gasteiger partial charge in [0.05, 0.1) is 15.6 Å². The molecule has 3 aromatic carbocycles. The van der Waals surface area contributed by atoms with E-state index in [9.17, 15) is 14.9 Å². The molecule has 7 nitrogen and oxygen atoms in total. The van der Waals surface area contributed by atoms with E-state index in [1.165, 1.54) is 18.3 Å². The Morgan fingerprint density at radius 2 is 2.00 bits per heavy atom. The van der Waals surface area contributed by atoms with Gasteiger partial charge in [0.15, 0.2) is 6.61 Å². The molecule has 0 unspecified atom stereocenters. The number of nitrogens with zero attached hydrogens (tertiary/aromatic N) is 2. The first-order valence-electron chi connectivity index (χ1n) is 8.01.